The molecule has 0 radical (unpaired) electrons. The van der Waals surface area contributed by atoms with Gasteiger partial charge >= 0.3 is 0 Å². The molecule has 14 heteroatoms. The highest BCUT2D eigenvalue weighted by Crippen LogP contribution is 2.54. The molecule has 11 nitrogen and oxygen atoms in total. The molecule has 242 valence electrons. The van der Waals surface area contributed by atoms with Gasteiger partial charge in [-0.25, -0.2) is 32.0 Å². The van der Waals surface area contributed by atoms with Crippen LogP contribution in [-0.4, -0.2) is 77.2 Å². The topological polar surface area (TPSA) is 143 Å². The highest BCUT2D eigenvalue weighted by molar-refractivity contribution is 7.89. The van der Waals surface area contributed by atoms with E-state index >= 15 is 0 Å². The summed E-state index contributed by atoms with van der Waals surface area (Å²) in [6, 6.07) is 12.7. The lowest BCUT2D eigenvalue weighted by Gasteiger charge is -2.35. The van der Waals surface area contributed by atoms with Crippen LogP contribution in [0.5, 0.6) is 0 Å². The number of aliphatic hydroxyl groups is 1. The fraction of sp³-hybridized carbons (Fsp3) is 0.438. The first-order valence-corrected chi connectivity index (χ1v) is 17.1. The van der Waals surface area contributed by atoms with Gasteiger partial charge in [0.05, 0.1) is 29.9 Å². The van der Waals surface area contributed by atoms with Crippen molar-refractivity contribution in [2.24, 2.45) is 10.6 Å². The second-order valence-corrected chi connectivity index (χ2v) is 14.4. The predicted octanol–water partition coefficient (Wildman–Crippen LogP) is 4.33. The van der Waals surface area contributed by atoms with Gasteiger partial charge in [0.25, 0.3) is 5.92 Å². The number of benzene rings is 1. The van der Waals surface area contributed by atoms with Crippen LogP contribution in [0.2, 0.25) is 0 Å². The van der Waals surface area contributed by atoms with Crippen molar-refractivity contribution in [2.75, 3.05) is 42.6 Å². The molecule has 5 heterocycles. The van der Waals surface area contributed by atoms with Crippen LogP contribution in [-0.2, 0) is 10.0 Å². The zero-order chi connectivity index (χ0) is 32.1. The average molecular weight is 651 g/mol. The number of aromatic nitrogens is 5. The van der Waals surface area contributed by atoms with Gasteiger partial charge in [0, 0.05) is 62.5 Å². The molecule has 3 N–H and O–H groups in total. The Labute approximate surface area is 266 Å². The summed E-state index contributed by atoms with van der Waals surface area (Å²) in [6.45, 7) is 1.33. The zero-order valence-electron chi connectivity index (χ0n) is 25.3. The third kappa shape index (κ3) is 6.08. The molecule has 1 aromatic carbocycles. The minimum atomic E-state index is -4.04. The number of hydrogen-bond acceptors (Lipinski definition) is 9. The van der Waals surface area contributed by atoms with Gasteiger partial charge in [-0.3, -0.25) is 4.98 Å². The summed E-state index contributed by atoms with van der Waals surface area (Å²) in [5.74, 6) is -2.11. The molecular weight excluding hydrogens is 614 g/mol. The lowest BCUT2D eigenvalue weighted by Crippen LogP contribution is -2.40. The van der Waals surface area contributed by atoms with Gasteiger partial charge in [-0.1, -0.05) is 17.3 Å². The smallest absolute Gasteiger partial charge is 0.251 e. The number of pyridine rings is 2. The fourth-order valence-electron chi connectivity index (χ4n) is 6.61. The van der Waals surface area contributed by atoms with Crippen LogP contribution in [0, 0.1) is 5.41 Å². The summed E-state index contributed by atoms with van der Waals surface area (Å²) in [5, 5.41) is 23.0. The maximum Gasteiger partial charge on any atom is 0.251 e. The first-order chi connectivity index (χ1) is 22.0. The molecule has 4 aromatic rings. The van der Waals surface area contributed by atoms with E-state index in [1.807, 2.05) is 29.2 Å². The normalized spacial score (nSPS) is 19.7. The first kappa shape index (κ1) is 30.6. The third-order valence-electron chi connectivity index (χ3n) is 9.70. The van der Waals surface area contributed by atoms with Crippen molar-refractivity contribution in [3.05, 3.63) is 66.6 Å². The van der Waals surface area contributed by atoms with Crippen molar-refractivity contribution < 1.29 is 22.3 Å². The Balaban J connectivity index is 1.25. The van der Waals surface area contributed by atoms with E-state index in [0.29, 0.717) is 33.9 Å². The number of halogens is 2. The Morgan fingerprint density at radius 2 is 1.65 bits per heavy atom. The van der Waals surface area contributed by atoms with Gasteiger partial charge in [0.2, 0.25) is 10.0 Å². The van der Waals surface area contributed by atoms with E-state index in [1.54, 1.807) is 41.5 Å². The number of nitrogens with zero attached hydrogens (tertiary/aromatic N) is 7. The quantitative estimate of drug-likeness (QED) is 0.285. The lowest BCUT2D eigenvalue weighted by atomic mass is 9.93. The molecule has 3 aromatic heterocycles. The monoisotopic (exact) mass is 650 g/mol. The summed E-state index contributed by atoms with van der Waals surface area (Å²) in [6.07, 6.45) is 9.25. The van der Waals surface area contributed by atoms with Gasteiger partial charge < -0.3 is 14.9 Å². The van der Waals surface area contributed by atoms with E-state index in [2.05, 4.69) is 20.2 Å². The fourth-order valence-corrected chi connectivity index (χ4v) is 7.34. The largest absolute Gasteiger partial charge is 0.395 e. The Morgan fingerprint density at radius 3 is 2.30 bits per heavy atom. The van der Waals surface area contributed by atoms with Gasteiger partial charge in [-0.2, -0.15) is 0 Å². The highest BCUT2D eigenvalue weighted by Gasteiger charge is 2.44. The number of anilines is 2. The molecule has 1 spiro atoms. The van der Waals surface area contributed by atoms with Crippen molar-refractivity contribution in [3.63, 3.8) is 0 Å². The molecule has 46 heavy (non-hydrogen) atoms. The number of hydrogen-bond donors (Lipinski definition) is 2. The summed E-state index contributed by atoms with van der Waals surface area (Å²) < 4.78 is 54.3. The number of aliphatic hydroxyl groups excluding tert-OH is 1. The second-order valence-electron chi connectivity index (χ2n) is 12.7. The van der Waals surface area contributed by atoms with Crippen LogP contribution >= 0.6 is 0 Å². The Kier molecular flexibility index (Phi) is 7.76. The summed E-state index contributed by atoms with van der Waals surface area (Å²) in [5.41, 5.74) is 4.96. The van der Waals surface area contributed by atoms with Crippen LogP contribution in [0.1, 0.15) is 49.3 Å². The molecule has 3 fully saturated rings. The number of rotatable bonds is 8. The minimum Gasteiger partial charge on any atom is -0.395 e. The molecule has 1 saturated carbocycles. The Bertz CT molecular complexity index is 1830. The van der Waals surface area contributed by atoms with E-state index < -0.39 is 27.8 Å². The van der Waals surface area contributed by atoms with Crippen molar-refractivity contribution in [3.8, 4) is 28.2 Å². The van der Waals surface area contributed by atoms with Crippen molar-refractivity contribution in [1.29, 1.82) is 0 Å². The lowest BCUT2D eigenvalue weighted by molar-refractivity contribution is -0.0221. The highest BCUT2D eigenvalue weighted by atomic mass is 32.2. The molecule has 3 aliphatic rings. The number of nitrogens with two attached hydrogens (primary N) is 1. The van der Waals surface area contributed by atoms with Crippen molar-refractivity contribution in [1.82, 2.24) is 25.0 Å². The van der Waals surface area contributed by atoms with Crippen molar-refractivity contribution >= 4 is 21.5 Å². The minimum absolute atomic E-state index is 0.170. The van der Waals surface area contributed by atoms with E-state index in [0.717, 1.165) is 42.7 Å². The van der Waals surface area contributed by atoms with Gasteiger partial charge in [0.1, 0.15) is 16.8 Å². The van der Waals surface area contributed by atoms with E-state index in [9.17, 15) is 22.3 Å². The van der Waals surface area contributed by atoms with Gasteiger partial charge in [0.15, 0.2) is 0 Å². The van der Waals surface area contributed by atoms with E-state index in [1.165, 1.54) is 12.8 Å². The molecule has 2 saturated heterocycles. The number of primary sulfonamides is 1. The number of piperidine rings is 2. The second kappa shape index (κ2) is 11.7. The molecule has 2 aliphatic heterocycles. The number of sulfonamides is 1. The van der Waals surface area contributed by atoms with Gasteiger partial charge in [-0.05, 0) is 67.0 Å². The van der Waals surface area contributed by atoms with Crippen LogP contribution in [0.4, 0.5) is 20.3 Å². The Hall–Kier alpha value is -4.01. The molecule has 1 aliphatic carbocycles. The van der Waals surface area contributed by atoms with Crippen molar-refractivity contribution in [2.45, 2.75) is 49.7 Å². The maximum absolute atomic E-state index is 14.1. The predicted molar refractivity (Wildman–Crippen MR) is 170 cm³/mol. The van der Waals surface area contributed by atoms with E-state index in [4.69, 9.17) is 10.1 Å². The summed E-state index contributed by atoms with van der Waals surface area (Å²) >= 11 is 0. The molecular formula is C32H36F2N8O3S. The molecule has 1 unspecified atom stereocenters. The standard InChI is InChI=1S/C32H36F2N8O3S/c33-32(34)11-16-41(17-12-32)30-24(23-2-1-13-36-19-23)4-5-25(37-30)26-20-42(39-38-26)27-6-3-22(29(21-43)46(35,44)45)18-28(27)40-14-9-31(7-8-31)10-15-40/h1-6,13,18-20,29,43H,7-12,14-17,21H2,(H2,35,44,45). The van der Waals surface area contributed by atoms with Crippen LogP contribution < -0.4 is 14.9 Å². The first-order valence-electron chi connectivity index (χ1n) is 15.5. The van der Waals surface area contributed by atoms with E-state index in [-0.39, 0.29) is 25.9 Å². The molecule has 1 atom stereocenters. The van der Waals surface area contributed by atoms with Crippen LogP contribution in [0.3, 0.4) is 0 Å². The van der Waals surface area contributed by atoms with Crippen LogP contribution in [0.15, 0.2) is 61.1 Å². The summed E-state index contributed by atoms with van der Waals surface area (Å²) in [4.78, 5) is 13.3. The Morgan fingerprint density at radius 1 is 0.913 bits per heavy atom. The maximum atomic E-state index is 14.1. The van der Waals surface area contributed by atoms with Crippen LogP contribution in [0.25, 0.3) is 28.2 Å². The molecule has 0 amide bonds. The zero-order valence-corrected chi connectivity index (χ0v) is 26.1. The molecule has 7 rings (SSSR count). The number of alkyl halides is 2. The third-order valence-corrected chi connectivity index (χ3v) is 10.9. The SMILES string of the molecule is NS(=O)(=O)C(CO)c1ccc(-n2cc(-c3ccc(-c4cccnc4)c(N4CCC(F)(F)CC4)n3)nn2)c(N2CCC3(CC2)CC3)c1. The summed E-state index contributed by atoms with van der Waals surface area (Å²) in [7, 11) is -4.04. The van der Waals surface area contributed by atoms with Gasteiger partial charge in [-0.15, -0.1) is 5.10 Å². The average Bonchev–Trinajstić information content (AvgIpc) is 3.61. The molecule has 0 bridgehead atoms.